The van der Waals surface area contributed by atoms with Crippen LogP contribution in [-0.4, -0.2) is 81.3 Å². The van der Waals surface area contributed by atoms with Crippen molar-refractivity contribution in [1.82, 2.24) is 29.5 Å². The first kappa shape index (κ1) is 30.2. The van der Waals surface area contributed by atoms with Crippen LogP contribution < -0.4 is 9.64 Å². The maximum atomic E-state index is 12.8. The van der Waals surface area contributed by atoms with E-state index in [1.807, 2.05) is 16.8 Å². The van der Waals surface area contributed by atoms with Crippen molar-refractivity contribution >= 4 is 34.9 Å². The quantitative estimate of drug-likeness (QED) is 0.345. The molecule has 3 aromatic rings. The number of hydrogen-bond acceptors (Lipinski definition) is 8. The minimum Gasteiger partial charge on any atom is -0.461 e. The fourth-order valence-corrected chi connectivity index (χ4v) is 8.88. The van der Waals surface area contributed by atoms with Gasteiger partial charge in [-0.1, -0.05) is 47.5 Å². The van der Waals surface area contributed by atoms with E-state index in [0.717, 1.165) is 91.5 Å². The lowest BCUT2D eigenvalue weighted by Crippen LogP contribution is -2.43. The summed E-state index contributed by atoms with van der Waals surface area (Å²) in [5.74, 6) is 0.583. The van der Waals surface area contributed by atoms with Crippen LogP contribution in [0.3, 0.4) is 0 Å². The van der Waals surface area contributed by atoms with Crippen LogP contribution in [0.25, 0.3) is 0 Å². The predicted octanol–water partition coefficient (Wildman–Crippen LogP) is 5.18. The molecule has 0 saturated carbocycles. The summed E-state index contributed by atoms with van der Waals surface area (Å²) in [7, 11) is 3.42. The van der Waals surface area contributed by atoms with E-state index < -0.39 is 5.60 Å². The van der Waals surface area contributed by atoms with Crippen molar-refractivity contribution in [3.05, 3.63) is 74.2 Å². The van der Waals surface area contributed by atoms with Gasteiger partial charge in [-0.05, 0) is 62.3 Å². The van der Waals surface area contributed by atoms with E-state index in [1.54, 1.807) is 14.1 Å². The highest BCUT2D eigenvalue weighted by atomic mass is 35.5. The number of amides is 1. The van der Waals surface area contributed by atoms with Crippen LogP contribution in [0.2, 0.25) is 10.0 Å². The Kier molecular flexibility index (Phi) is 7.36. The Hall–Kier alpha value is -3.18. The number of fused-ring (bicyclic) bond motifs is 5. The van der Waals surface area contributed by atoms with Crippen LogP contribution in [0, 0.1) is 0 Å². The van der Waals surface area contributed by atoms with E-state index in [1.165, 1.54) is 16.0 Å². The summed E-state index contributed by atoms with van der Waals surface area (Å²) in [6.07, 6.45) is 6.34. The van der Waals surface area contributed by atoms with Crippen molar-refractivity contribution in [3.8, 4) is 6.01 Å². The molecule has 1 spiro atoms. The molecular formula is C34H39Cl2N7O3. The normalized spacial score (nSPS) is 25.3. The Morgan fingerprint density at radius 2 is 1.96 bits per heavy atom. The maximum Gasteiger partial charge on any atom is 0.318 e. The lowest BCUT2D eigenvalue weighted by Gasteiger charge is -2.37. The van der Waals surface area contributed by atoms with E-state index in [9.17, 15) is 4.79 Å². The molecule has 6 heterocycles. The number of hydrogen-bond donors (Lipinski definition) is 0. The minimum atomic E-state index is -0.484. The zero-order valence-corrected chi connectivity index (χ0v) is 28.0. The first-order chi connectivity index (χ1) is 22.2. The summed E-state index contributed by atoms with van der Waals surface area (Å²) in [4.78, 5) is 29.3. The van der Waals surface area contributed by atoms with Gasteiger partial charge in [-0.25, -0.2) is 0 Å². The summed E-state index contributed by atoms with van der Waals surface area (Å²) in [6.45, 7) is 9.05. The molecule has 46 heavy (non-hydrogen) atoms. The van der Waals surface area contributed by atoms with Gasteiger partial charge in [0, 0.05) is 50.7 Å². The number of ether oxygens (including phenoxy) is 2. The molecule has 2 aromatic heterocycles. The Bertz CT molecular complexity index is 1760. The second-order valence-electron chi connectivity index (χ2n) is 13.8. The number of aryl methyl sites for hydroxylation is 1. The van der Waals surface area contributed by atoms with Gasteiger partial charge in [0.15, 0.2) is 5.69 Å². The third kappa shape index (κ3) is 4.83. The molecular weight excluding hydrogens is 625 g/mol. The van der Waals surface area contributed by atoms with Crippen LogP contribution in [0.1, 0.15) is 70.7 Å². The monoisotopic (exact) mass is 663 g/mol. The number of benzene rings is 1. The molecule has 12 heteroatoms. The molecule has 0 radical (unpaired) electrons. The van der Waals surface area contributed by atoms with Crippen molar-refractivity contribution in [2.45, 2.75) is 75.8 Å². The first-order valence-corrected chi connectivity index (χ1v) is 17.0. The molecule has 0 bridgehead atoms. The summed E-state index contributed by atoms with van der Waals surface area (Å²) < 4.78 is 15.2. The number of rotatable bonds is 5. The van der Waals surface area contributed by atoms with Crippen LogP contribution in [0.5, 0.6) is 6.01 Å². The van der Waals surface area contributed by atoms with Crippen molar-refractivity contribution in [2.24, 2.45) is 0 Å². The number of anilines is 1. The van der Waals surface area contributed by atoms with Gasteiger partial charge in [-0.3, -0.25) is 14.4 Å². The van der Waals surface area contributed by atoms with E-state index in [4.69, 9.17) is 42.6 Å². The number of carbonyl (C=O) groups is 1. The van der Waals surface area contributed by atoms with Crippen LogP contribution in [0.4, 0.5) is 5.82 Å². The molecule has 1 unspecified atom stereocenters. The lowest BCUT2D eigenvalue weighted by atomic mass is 9.87. The highest BCUT2D eigenvalue weighted by Gasteiger charge is 2.48. The van der Waals surface area contributed by atoms with Crippen LogP contribution in [-0.2, 0) is 42.9 Å². The van der Waals surface area contributed by atoms with Crippen LogP contribution >= 0.6 is 23.2 Å². The Labute approximate surface area is 279 Å². The van der Waals surface area contributed by atoms with Crippen molar-refractivity contribution in [1.29, 1.82) is 0 Å². The van der Waals surface area contributed by atoms with Gasteiger partial charge < -0.3 is 19.3 Å². The molecule has 8 rings (SSSR count). The minimum absolute atomic E-state index is 0.0417. The molecule has 2 saturated heterocycles. The number of halogens is 2. The molecule has 2 atom stereocenters. The van der Waals surface area contributed by atoms with Gasteiger partial charge in [0.25, 0.3) is 5.91 Å². The number of aromatic nitrogens is 4. The Morgan fingerprint density at radius 1 is 1.09 bits per heavy atom. The molecule has 1 amide bonds. The molecule has 0 N–H and O–H groups in total. The summed E-state index contributed by atoms with van der Waals surface area (Å²) >= 11 is 13.5. The van der Waals surface area contributed by atoms with Gasteiger partial charge in [0.1, 0.15) is 12.4 Å². The molecule has 4 aliphatic heterocycles. The predicted molar refractivity (Wildman–Crippen MR) is 176 cm³/mol. The standard InChI is InChI=1S/C34H39Cl2N7O3/c1-21-15-33(10-5-13-42(33)17-21)20-45-32-37-26-16-34(11-9-22-24(34)7-4-8-25(22)35)46-19-23(26)30(38-32)41-12-6-14-43-27(18-41)28(36)29(39-43)31(44)40(2)3/h4,7-8H,1,5-6,9-20H2,2-3H3/t33?,34-/m0/s1. The van der Waals surface area contributed by atoms with Crippen molar-refractivity contribution in [3.63, 3.8) is 0 Å². The molecule has 5 aliphatic rings. The fourth-order valence-electron chi connectivity index (χ4n) is 8.34. The van der Waals surface area contributed by atoms with Crippen molar-refractivity contribution < 1.29 is 14.3 Å². The average molecular weight is 665 g/mol. The fraction of sp³-hybridized carbons (Fsp3) is 0.529. The van der Waals surface area contributed by atoms with Gasteiger partial charge in [0.2, 0.25) is 0 Å². The van der Waals surface area contributed by atoms with Gasteiger partial charge in [-0.2, -0.15) is 15.1 Å². The lowest BCUT2D eigenvalue weighted by molar-refractivity contribution is -0.0730. The smallest absolute Gasteiger partial charge is 0.318 e. The Morgan fingerprint density at radius 3 is 2.80 bits per heavy atom. The SMILES string of the molecule is C=C1CN2CCCC2(COc2nc3c(c(N4CCCn5nc(C(=O)N(C)C)c(Cl)c5C4)n2)CO[C@@]2(CCc4c(Cl)cccc42)C3)C1. The number of nitrogens with zero attached hydrogens (tertiary/aromatic N) is 7. The highest BCUT2D eigenvalue weighted by Crippen LogP contribution is 2.49. The average Bonchev–Trinajstić information content (AvgIpc) is 3.71. The van der Waals surface area contributed by atoms with Crippen LogP contribution in [0.15, 0.2) is 30.4 Å². The molecule has 2 fully saturated rings. The highest BCUT2D eigenvalue weighted by molar-refractivity contribution is 6.34. The van der Waals surface area contributed by atoms with E-state index in [0.29, 0.717) is 43.8 Å². The van der Waals surface area contributed by atoms with E-state index in [2.05, 4.69) is 27.5 Å². The van der Waals surface area contributed by atoms with E-state index in [-0.39, 0.29) is 17.1 Å². The molecule has 10 nitrogen and oxygen atoms in total. The number of carbonyl (C=O) groups excluding carboxylic acids is 1. The molecule has 242 valence electrons. The van der Waals surface area contributed by atoms with Gasteiger partial charge in [-0.15, -0.1) is 0 Å². The molecule has 1 aliphatic carbocycles. The topological polar surface area (TPSA) is 88.9 Å². The maximum absolute atomic E-state index is 12.8. The third-order valence-corrected chi connectivity index (χ3v) is 11.4. The third-order valence-electron chi connectivity index (χ3n) is 10.6. The van der Waals surface area contributed by atoms with Gasteiger partial charge in [0.05, 0.1) is 40.7 Å². The van der Waals surface area contributed by atoms with Crippen molar-refractivity contribution in [2.75, 3.05) is 45.2 Å². The summed E-state index contributed by atoms with van der Waals surface area (Å²) in [5.41, 5.74) is 6.05. The van der Waals surface area contributed by atoms with Gasteiger partial charge >= 0.3 is 6.01 Å². The summed E-state index contributed by atoms with van der Waals surface area (Å²) in [6, 6.07) is 6.50. The zero-order chi connectivity index (χ0) is 31.8. The first-order valence-electron chi connectivity index (χ1n) is 16.2. The zero-order valence-electron chi connectivity index (χ0n) is 26.4. The second-order valence-corrected chi connectivity index (χ2v) is 14.5. The Balaban J connectivity index is 1.17. The summed E-state index contributed by atoms with van der Waals surface area (Å²) in [5, 5.41) is 5.79. The largest absolute Gasteiger partial charge is 0.461 e. The second kappa shape index (κ2) is 11.2. The molecule has 1 aromatic carbocycles. The van der Waals surface area contributed by atoms with E-state index >= 15 is 0 Å².